The van der Waals surface area contributed by atoms with E-state index < -0.39 is 0 Å². The first-order valence-electron chi connectivity index (χ1n) is 7.68. The second-order valence-electron chi connectivity index (χ2n) is 4.85. The Labute approximate surface area is 109 Å². The average Bonchev–Trinajstić information content (AvgIpc) is 2.35. The van der Waals surface area contributed by atoms with Gasteiger partial charge in [-0.25, -0.2) is 0 Å². The standard InChI is InChI=1S/C17H32/c1-3-5-7-9-11-13-15-17-16-14-12-10-8-6-4-2/h3,5-6,8H,4,7,9-17H2,1-2H3. The molecule has 0 amide bonds. The van der Waals surface area contributed by atoms with E-state index >= 15 is 0 Å². The predicted molar refractivity (Wildman–Crippen MR) is 80.4 cm³/mol. The van der Waals surface area contributed by atoms with Gasteiger partial charge in [-0.2, -0.15) is 0 Å². The van der Waals surface area contributed by atoms with E-state index in [0.29, 0.717) is 0 Å². The van der Waals surface area contributed by atoms with Crippen molar-refractivity contribution < 1.29 is 0 Å². The van der Waals surface area contributed by atoms with Crippen LogP contribution in [-0.2, 0) is 0 Å². The molecule has 0 rings (SSSR count). The van der Waals surface area contributed by atoms with E-state index in [4.69, 9.17) is 0 Å². The first-order valence-corrected chi connectivity index (χ1v) is 7.68. The van der Waals surface area contributed by atoms with Crippen molar-refractivity contribution in [1.29, 1.82) is 0 Å². The minimum absolute atomic E-state index is 1.19. The molecule has 0 heteroatoms. The van der Waals surface area contributed by atoms with E-state index in [1.165, 1.54) is 70.6 Å². The summed E-state index contributed by atoms with van der Waals surface area (Å²) in [7, 11) is 0. The first kappa shape index (κ1) is 16.5. The van der Waals surface area contributed by atoms with Crippen LogP contribution >= 0.6 is 0 Å². The SMILES string of the molecule is CC=CCCCCCCCCCCC=CCC. The van der Waals surface area contributed by atoms with Crippen LogP contribution in [0.15, 0.2) is 24.3 Å². The molecule has 0 aliphatic carbocycles. The van der Waals surface area contributed by atoms with Gasteiger partial charge in [0.1, 0.15) is 0 Å². The third-order valence-electron chi connectivity index (χ3n) is 3.13. The van der Waals surface area contributed by atoms with E-state index in [1.54, 1.807) is 0 Å². The fourth-order valence-electron chi connectivity index (χ4n) is 2.04. The van der Waals surface area contributed by atoms with Gasteiger partial charge in [0.15, 0.2) is 0 Å². The molecule has 0 aliphatic rings. The smallest absolute Gasteiger partial charge is 0.0351 e. The van der Waals surface area contributed by atoms with Crippen molar-refractivity contribution in [2.45, 2.75) is 84.5 Å². The van der Waals surface area contributed by atoms with Crippen molar-refractivity contribution in [3.8, 4) is 0 Å². The highest BCUT2D eigenvalue weighted by Crippen LogP contribution is 2.11. The van der Waals surface area contributed by atoms with Crippen LogP contribution in [0, 0.1) is 0 Å². The lowest BCUT2D eigenvalue weighted by atomic mass is 10.1. The lowest BCUT2D eigenvalue weighted by Crippen LogP contribution is -1.81. The van der Waals surface area contributed by atoms with Gasteiger partial charge in [0.25, 0.3) is 0 Å². The molecular formula is C17H32. The molecule has 100 valence electrons. The van der Waals surface area contributed by atoms with Gasteiger partial charge in [-0.3, -0.25) is 0 Å². The number of hydrogen-bond acceptors (Lipinski definition) is 0. The van der Waals surface area contributed by atoms with Crippen LogP contribution in [0.2, 0.25) is 0 Å². The Balaban J connectivity index is 2.96. The van der Waals surface area contributed by atoms with Crippen LogP contribution in [-0.4, -0.2) is 0 Å². The molecule has 0 heterocycles. The molecule has 0 saturated heterocycles. The zero-order chi connectivity index (χ0) is 12.6. The van der Waals surface area contributed by atoms with Crippen molar-refractivity contribution in [3.05, 3.63) is 24.3 Å². The Hall–Kier alpha value is -0.520. The quantitative estimate of drug-likeness (QED) is 0.270. The van der Waals surface area contributed by atoms with Gasteiger partial charge in [0.2, 0.25) is 0 Å². The molecule has 0 radical (unpaired) electrons. The first-order chi connectivity index (χ1) is 8.41. The molecule has 0 nitrogen and oxygen atoms in total. The third-order valence-corrected chi connectivity index (χ3v) is 3.13. The summed E-state index contributed by atoms with van der Waals surface area (Å²) in [6.07, 6.45) is 24.2. The Morgan fingerprint density at radius 3 is 1.53 bits per heavy atom. The van der Waals surface area contributed by atoms with Crippen molar-refractivity contribution >= 4 is 0 Å². The Kier molecular flexibility index (Phi) is 15.0. The van der Waals surface area contributed by atoms with Crippen molar-refractivity contribution in [2.24, 2.45) is 0 Å². The molecular weight excluding hydrogens is 204 g/mol. The Morgan fingerprint density at radius 2 is 1.06 bits per heavy atom. The fourth-order valence-corrected chi connectivity index (χ4v) is 2.04. The van der Waals surface area contributed by atoms with Gasteiger partial charge in [-0.1, -0.05) is 69.8 Å². The molecule has 17 heavy (non-hydrogen) atoms. The second-order valence-corrected chi connectivity index (χ2v) is 4.85. The zero-order valence-corrected chi connectivity index (χ0v) is 12.1. The van der Waals surface area contributed by atoms with E-state index in [-0.39, 0.29) is 0 Å². The van der Waals surface area contributed by atoms with Crippen LogP contribution in [0.25, 0.3) is 0 Å². The summed E-state index contributed by atoms with van der Waals surface area (Å²) in [6, 6.07) is 0. The van der Waals surface area contributed by atoms with Gasteiger partial charge in [-0.05, 0) is 39.0 Å². The van der Waals surface area contributed by atoms with E-state index in [2.05, 4.69) is 38.2 Å². The molecule has 0 aromatic heterocycles. The van der Waals surface area contributed by atoms with E-state index in [9.17, 15) is 0 Å². The van der Waals surface area contributed by atoms with Gasteiger partial charge < -0.3 is 0 Å². The van der Waals surface area contributed by atoms with Gasteiger partial charge in [0, 0.05) is 0 Å². The molecule has 0 spiro atoms. The van der Waals surface area contributed by atoms with E-state index in [0.717, 1.165) is 0 Å². The second kappa shape index (κ2) is 15.5. The topological polar surface area (TPSA) is 0 Å². The van der Waals surface area contributed by atoms with E-state index in [1.807, 2.05) is 0 Å². The normalized spacial score (nSPS) is 11.9. The summed E-state index contributed by atoms with van der Waals surface area (Å²) in [5.41, 5.74) is 0. The molecule has 0 atom stereocenters. The van der Waals surface area contributed by atoms with Crippen molar-refractivity contribution in [3.63, 3.8) is 0 Å². The van der Waals surface area contributed by atoms with Gasteiger partial charge in [0.05, 0.1) is 0 Å². The Morgan fingerprint density at radius 1 is 0.588 bits per heavy atom. The number of hydrogen-bond donors (Lipinski definition) is 0. The monoisotopic (exact) mass is 236 g/mol. The lowest BCUT2D eigenvalue weighted by Gasteiger charge is -2.00. The lowest BCUT2D eigenvalue weighted by molar-refractivity contribution is 0.571. The van der Waals surface area contributed by atoms with Crippen molar-refractivity contribution in [1.82, 2.24) is 0 Å². The zero-order valence-electron chi connectivity index (χ0n) is 12.1. The summed E-state index contributed by atoms with van der Waals surface area (Å²) in [5, 5.41) is 0. The molecule has 0 aromatic carbocycles. The molecule has 0 saturated carbocycles. The third kappa shape index (κ3) is 15.5. The fraction of sp³-hybridized carbons (Fsp3) is 0.765. The van der Waals surface area contributed by atoms with Crippen LogP contribution in [0.3, 0.4) is 0 Å². The van der Waals surface area contributed by atoms with Crippen LogP contribution in [0.4, 0.5) is 0 Å². The van der Waals surface area contributed by atoms with Gasteiger partial charge in [-0.15, -0.1) is 0 Å². The summed E-state index contributed by atoms with van der Waals surface area (Å²) in [5.74, 6) is 0. The maximum absolute atomic E-state index is 2.33. The minimum atomic E-state index is 1.19. The molecule has 0 aliphatic heterocycles. The molecule has 0 bridgehead atoms. The maximum atomic E-state index is 2.33. The van der Waals surface area contributed by atoms with Gasteiger partial charge >= 0.3 is 0 Å². The number of unbranched alkanes of at least 4 members (excludes halogenated alkanes) is 9. The summed E-state index contributed by atoms with van der Waals surface area (Å²) >= 11 is 0. The van der Waals surface area contributed by atoms with Crippen LogP contribution in [0.5, 0.6) is 0 Å². The van der Waals surface area contributed by atoms with Crippen LogP contribution in [0.1, 0.15) is 84.5 Å². The highest BCUT2D eigenvalue weighted by atomic mass is 14.0. The van der Waals surface area contributed by atoms with Crippen LogP contribution < -0.4 is 0 Å². The summed E-state index contributed by atoms with van der Waals surface area (Å²) < 4.78 is 0. The van der Waals surface area contributed by atoms with Crippen molar-refractivity contribution in [2.75, 3.05) is 0 Å². The molecule has 0 unspecified atom stereocenters. The number of rotatable bonds is 12. The minimum Gasteiger partial charge on any atom is -0.0917 e. The predicted octanol–water partition coefficient (Wildman–Crippen LogP) is 6.43. The summed E-state index contributed by atoms with van der Waals surface area (Å²) in [4.78, 5) is 0. The largest absolute Gasteiger partial charge is 0.0917 e. The maximum Gasteiger partial charge on any atom is -0.0351 e. The molecule has 0 fully saturated rings. The average molecular weight is 236 g/mol. The highest BCUT2D eigenvalue weighted by molar-refractivity contribution is 4.79. The summed E-state index contributed by atoms with van der Waals surface area (Å²) in [6.45, 7) is 4.31. The highest BCUT2D eigenvalue weighted by Gasteiger charge is 1.91. The number of allylic oxidation sites excluding steroid dienone is 4. The molecule has 0 aromatic rings. The Bertz CT molecular complexity index is 176. The molecule has 0 N–H and O–H groups in total.